The predicted octanol–water partition coefficient (Wildman–Crippen LogP) is 2.17. The minimum absolute atomic E-state index is 0.0189. The van der Waals surface area contributed by atoms with Gasteiger partial charge in [-0.3, -0.25) is 4.79 Å². The molecule has 0 spiro atoms. The first-order valence-electron chi connectivity index (χ1n) is 5.63. The highest BCUT2D eigenvalue weighted by atomic mass is 79.9. The van der Waals surface area contributed by atoms with E-state index in [4.69, 9.17) is 16.3 Å². The number of pyridine rings is 2. The molecule has 0 fully saturated rings. The molecule has 0 bridgehead atoms. The van der Waals surface area contributed by atoms with Crippen molar-refractivity contribution in [2.75, 3.05) is 7.11 Å². The predicted molar refractivity (Wildman–Crippen MR) is 81.5 cm³/mol. The van der Waals surface area contributed by atoms with Crippen LogP contribution in [0.4, 0.5) is 0 Å². The van der Waals surface area contributed by atoms with E-state index < -0.39 is 21.0 Å². The quantitative estimate of drug-likeness (QED) is 0.860. The van der Waals surface area contributed by atoms with Gasteiger partial charge in [0.15, 0.2) is 9.84 Å². The van der Waals surface area contributed by atoms with Gasteiger partial charge < -0.3 is 9.72 Å². The molecule has 0 radical (unpaired) electrons. The lowest BCUT2D eigenvalue weighted by atomic mass is 10.3. The Kier molecular flexibility index (Phi) is 4.70. The highest BCUT2D eigenvalue weighted by Crippen LogP contribution is 2.26. The van der Waals surface area contributed by atoms with Crippen molar-refractivity contribution < 1.29 is 13.2 Å². The van der Waals surface area contributed by atoms with Gasteiger partial charge in [0.2, 0.25) is 11.3 Å². The van der Waals surface area contributed by atoms with Gasteiger partial charge in [-0.2, -0.15) is 0 Å². The van der Waals surface area contributed by atoms with E-state index in [-0.39, 0.29) is 21.4 Å². The standard InChI is InChI=1S/C12H10BrClN2O4S/c1-20-12-9(13)2-8(4-16-12)21(18,19)6-7-3-15-5-10(14)11(7)17/h2-5H,6H2,1H3,(H,15,17). The molecule has 2 aromatic rings. The second-order valence-corrected chi connectivity index (χ2v) is 7.33. The third-order valence-electron chi connectivity index (χ3n) is 2.66. The van der Waals surface area contributed by atoms with Crippen LogP contribution in [0.25, 0.3) is 0 Å². The van der Waals surface area contributed by atoms with Crippen LogP contribution in [0.1, 0.15) is 5.56 Å². The molecule has 6 nitrogen and oxygen atoms in total. The van der Waals surface area contributed by atoms with Crippen LogP contribution < -0.4 is 10.2 Å². The lowest BCUT2D eigenvalue weighted by Gasteiger charge is -2.07. The van der Waals surface area contributed by atoms with Crippen LogP contribution in [-0.4, -0.2) is 25.5 Å². The lowest BCUT2D eigenvalue weighted by Crippen LogP contribution is -2.15. The third kappa shape index (κ3) is 3.45. The molecular weight excluding hydrogens is 384 g/mol. The van der Waals surface area contributed by atoms with Gasteiger partial charge >= 0.3 is 0 Å². The van der Waals surface area contributed by atoms with Crippen LogP contribution in [0.2, 0.25) is 5.02 Å². The summed E-state index contributed by atoms with van der Waals surface area (Å²) in [5.41, 5.74) is -0.450. The number of H-pyrrole nitrogens is 1. The number of sulfone groups is 1. The van der Waals surface area contributed by atoms with Crippen molar-refractivity contribution in [2.45, 2.75) is 10.6 Å². The molecule has 0 atom stereocenters. The average molecular weight is 394 g/mol. The van der Waals surface area contributed by atoms with Crippen molar-refractivity contribution in [1.29, 1.82) is 0 Å². The molecule has 9 heteroatoms. The summed E-state index contributed by atoms with van der Waals surface area (Å²) in [6.45, 7) is 0. The Labute approximate surface area is 134 Å². The second kappa shape index (κ2) is 6.17. The van der Waals surface area contributed by atoms with E-state index in [1.165, 1.54) is 31.8 Å². The Morgan fingerprint density at radius 3 is 2.76 bits per heavy atom. The molecule has 0 aromatic carbocycles. The number of rotatable bonds is 4. The molecule has 0 saturated heterocycles. The van der Waals surface area contributed by atoms with Gasteiger partial charge in [-0.15, -0.1) is 0 Å². The first-order valence-corrected chi connectivity index (χ1v) is 8.45. The number of nitrogens with one attached hydrogen (secondary N) is 1. The summed E-state index contributed by atoms with van der Waals surface area (Å²) in [6.07, 6.45) is 3.79. The van der Waals surface area contributed by atoms with E-state index in [2.05, 4.69) is 25.9 Å². The molecule has 0 aliphatic rings. The number of aromatic nitrogens is 2. The van der Waals surface area contributed by atoms with Gasteiger partial charge in [0.05, 0.1) is 22.2 Å². The fourth-order valence-corrected chi connectivity index (χ4v) is 3.77. The van der Waals surface area contributed by atoms with Crippen LogP contribution in [0, 0.1) is 0 Å². The van der Waals surface area contributed by atoms with Crippen LogP contribution in [0.5, 0.6) is 5.88 Å². The number of methoxy groups -OCH3 is 1. The molecule has 112 valence electrons. The van der Waals surface area contributed by atoms with E-state index in [0.29, 0.717) is 4.47 Å². The van der Waals surface area contributed by atoms with E-state index in [0.717, 1.165) is 0 Å². The molecule has 0 amide bonds. The molecule has 21 heavy (non-hydrogen) atoms. The number of nitrogens with zero attached hydrogens (tertiary/aromatic N) is 1. The minimum Gasteiger partial charge on any atom is -0.480 e. The SMILES string of the molecule is COc1ncc(S(=O)(=O)Cc2c[nH]cc(Cl)c2=O)cc1Br. The smallest absolute Gasteiger partial charge is 0.227 e. The summed E-state index contributed by atoms with van der Waals surface area (Å²) in [4.78, 5) is 18.3. The lowest BCUT2D eigenvalue weighted by molar-refractivity contribution is 0.394. The van der Waals surface area contributed by atoms with Gasteiger partial charge in [-0.05, 0) is 22.0 Å². The summed E-state index contributed by atoms with van der Waals surface area (Å²) in [7, 11) is -2.30. The molecule has 2 aromatic heterocycles. The fourth-order valence-electron chi connectivity index (χ4n) is 1.62. The van der Waals surface area contributed by atoms with Crippen molar-refractivity contribution in [2.24, 2.45) is 0 Å². The Balaban J connectivity index is 2.41. The first-order chi connectivity index (χ1) is 9.85. The maximum atomic E-state index is 12.3. The third-order valence-corrected chi connectivity index (χ3v) is 5.14. The summed E-state index contributed by atoms with van der Waals surface area (Å²) >= 11 is 8.85. The summed E-state index contributed by atoms with van der Waals surface area (Å²) in [6, 6.07) is 1.37. The van der Waals surface area contributed by atoms with Crippen molar-refractivity contribution >= 4 is 37.4 Å². The molecule has 1 N–H and O–H groups in total. The second-order valence-electron chi connectivity index (χ2n) is 4.08. The number of ether oxygens (including phenoxy) is 1. The van der Waals surface area contributed by atoms with Crippen molar-refractivity contribution in [3.63, 3.8) is 0 Å². The van der Waals surface area contributed by atoms with E-state index in [1.807, 2.05) is 0 Å². The van der Waals surface area contributed by atoms with Gasteiger partial charge in [-0.1, -0.05) is 11.6 Å². The molecular formula is C12H10BrClN2O4S. The maximum Gasteiger partial charge on any atom is 0.227 e. The monoisotopic (exact) mass is 392 g/mol. The van der Waals surface area contributed by atoms with Gasteiger partial charge in [0.25, 0.3) is 0 Å². The van der Waals surface area contributed by atoms with Gasteiger partial charge in [-0.25, -0.2) is 13.4 Å². The average Bonchev–Trinajstić information content (AvgIpc) is 2.43. The van der Waals surface area contributed by atoms with Crippen LogP contribution in [-0.2, 0) is 15.6 Å². The van der Waals surface area contributed by atoms with Crippen molar-refractivity contribution in [3.8, 4) is 5.88 Å². The first kappa shape index (κ1) is 16.0. The summed E-state index contributed by atoms with van der Waals surface area (Å²) in [5, 5.41) is -0.0586. The van der Waals surface area contributed by atoms with Crippen LogP contribution in [0.3, 0.4) is 0 Å². The highest BCUT2D eigenvalue weighted by Gasteiger charge is 2.20. The number of hydrogen-bond acceptors (Lipinski definition) is 5. The van der Waals surface area contributed by atoms with Crippen LogP contribution in [0.15, 0.2) is 38.8 Å². The molecule has 2 rings (SSSR count). The minimum atomic E-state index is -3.73. The largest absolute Gasteiger partial charge is 0.480 e. The topological polar surface area (TPSA) is 89.1 Å². The van der Waals surface area contributed by atoms with E-state index in [9.17, 15) is 13.2 Å². The summed E-state index contributed by atoms with van der Waals surface area (Å²) in [5.74, 6) is -0.196. The van der Waals surface area contributed by atoms with Crippen LogP contribution >= 0.6 is 27.5 Å². The number of hydrogen-bond donors (Lipinski definition) is 1. The van der Waals surface area contributed by atoms with Gasteiger partial charge in [0, 0.05) is 24.2 Å². The zero-order chi connectivity index (χ0) is 15.6. The Morgan fingerprint density at radius 2 is 2.14 bits per heavy atom. The van der Waals surface area contributed by atoms with Crippen molar-refractivity contribution in [3.05, 3.63) is 49.9 Å². The normalized spacial score (nSPS) is 11.4. The molecule has 0 aliphatic carbocycles. The molecule has 0 saturated carbocycles. The molecule has 0 aliphatic heterocycles. The molecule has 0 unspecified atom stereocenters. The van der Waals surface area contributed by atoms with Crippen molar-refractivity contribution in [1.82, 2.24) is 9.97 Å². The molecule has 2 heterocycles. The van der Waals surface area contributed by atoms with Gasteiger partial charge in [0.1, 0.15) is 5.02 Å². The highest BCUT2D eigenvalue weighted by molar-refractivity contribution is 9.10. The maximum absolute atomic E-state index is 12.3. The van der Waals surface area contributed by atoms with E-state index in [1.54, 1.807) is 0 Å². The Hall–Kier alpha value is -1.38. The zero-order valence-electron chi connectivity index (χ0n) is 10.8. The number of halogens is 2. The zero-order valence-corrected chi connectivity index (χ0v) is 13.9. The Bertz CT molecular complexity index is 835. The number of aromatic amines is 1. The fraction of sp³-hybridized carbons (Fsp3) is 0.167. The van der Waals surface area contributed by atoms with E-state index >= 15 is 0 Å². The Morgan fingerprint density at radius 1 is 1.43 bits per heavy atom. The summed E-state index contributed by atoms with van der Waals surface area (Å²) < 4.78 is 30.0.